The van der Waals surface area contributed by atoms with E-state index in [4.69, 9.17) is 4.74 Å². The third kappa shape index (κ3) is 7.43. The zero-order valence-corrected chi connectivity index (χ0v) is 16.9. The van der Waals surface area contributed by atoms with Gasteiger partial charge in [0, 0.05) is 6.04 Å². The molecule has 2 amide bonds. The standard InChI is InChI=1S/C23H30N2O3/c1-17(2)22(25-21(26)16-28-20-12-8-5-9-13-20)23(27)24-18(3)14-15-19-10-6-4-7-11-19/h4-13,17-18,22H,14-16H2,1-3H3,(H,24,27)(H,25,26)/t18?,22-/m0/s1. The fourth-order valence-electron chi connectivity index (χ4n) is 2.85. The second kappa shape index (κ2) is 11.1. The Morgan fingerprint density at radius 1 is 0.893 bits per heavy atom. The average Bonchev–Trinajstić information content (AvgIpc) is 2.70. The minimum atomic E-state index is -0.592. The molecule has 0 bridgehead atoms. The first-order chi connectivity index (χ1) is 13.5. The minimum Gasteiger partial charge on any atom is -0.484 e. The van der Waals surface area contributed by atoms with Crippen LogP contribution in [0.5, 0.6) is 5.75 Å². The molecule has 0 aromatic heterocycles. The SMILES string of the molecule is CC(CCc1ccccc1)NC(=O)[C@@H](NC(=O)COc1ccccc1)C(C)C. The number of benzene rings is 2. The van der Waals surface area contributed by atoms with Gasteiger partial charge in [-0.1, -0.05) is 62.4 Å². The predicted molar refractivity (Wildman–Crippen MR) is 111 cm³/mol. The van der Waals surface area contributed by atoms with E-state index in [1.54, 1.807) is 12.1 Å². The lowest BCUT2D eigenvalue weighted by molar-refractivity contribution is -0.131. The Hall–Kier alpha value is -2.82. The van der Waals surface area contributed by atoms with Crippen LogP contribution in [0.25, 0.3) is 0 Å². The Balaban J connectivity index is 1.80. The summed E-state index contributed by atoms with van der Waals surface area (Å²) in [4.78, 5) is 24.9. The molecule has 0 radical (unpaired) electrons. The van der Waals surface area contributed by atoms with Gasteiger partial charge in [-0.05, 0) is 43.4 Å². The maximum Gasteiger partial charge on any atom is 0.258 e. The van der Waals surface area contributed by atoms with Crippen LogP contribution in [-0.2, 0) is 16.0 Å². The van der Waals surface area contributed by atoms with Crippen molar-refractivity contribution in [1.82, 2.24) is 10.6 Å². The van der Waals surface area contributed by atoms with E-state index in [0.29, 0.717) is 5.75 Å². The molecule has 5 heteroatoms. The summed E-state index contributed by atoms with van der Waals surface area (Å²) in [6.45, 7) is 5.69. The molecule has 0 aliphatic rings. The molecule has 2 aromatic rings. The van der Waals surface area contributed by atoms with Gasteiger partial charge in [0.25, 0.3) is 5.91 Å². The average molecular weight is 383 g/mol. The normalized spacial score (nSPS) is 12.9. The molecule has 0 fully saturated rings. The Morgan fingerprint density at radius 2 is 1.50 bits per heavy atom. The molecule has 0 aliphatic carbocycles. The first kappa shape index (κ1) is 21.5. The smallest absolute Gasteiger partial charge is 0.258 e. The Kier molecular flexibility index (Phi) is 8.53. The lowest BCUT2D eigenvalue weighted by atomic mass is 10.0. The molecule has 2 aromatic carbocycles. The molecule has 2 N–H and O–H groups in total. The van der Waals surface area contributed by atoms with Gasteiger partial charge in [0.05, 0.1) is 0 Å². The van der Waals surface area contributed by atoms with Gasteiger partial charge in [-0.2, -0.15) is 0 Å². The first-order valence-corrected chi connectivity index (χ1v) is 9.77. The topological polar surface area (TPSA) is 67.4 Å². The number of hydrogen-bond donors (Lipinski definition) is 2. The summed E-state index contributed by atoms with van der Waals surface area (Å²) in [7, 11) is 0. The summed E-state index contributed by atoms with van der Waals surface area (Å²) in [5.41, 5.74) is 1.25. The lowest BCUT2D eigenvalue weighted by Crippen LogP contribution is -2.52. The van der Waals surface area contributed by atoms with Crippen LogP contribution in [0.4, 0.5) is 0 Å². The number of carbonyl (C=O) groups excluding carboxylic acids is 2. The van der Waals surface area contributed by atoms with E-state index in [0.717, 1.165) is 12.8 Å². The molecule has 0 aliphatic heterocycles. The van der Waals surface area contributed by atoms with Crippen molar-refractivity contribution in [2.24, 2.45) is 5.92 Å². The second-order valence-electron chi connectivity index (χ2n) is 7.32. The van der Waals surface area contributed by atoms with Crippen molar-refractivity contribution in [2.45, 2.75) is 45.7 Å². The van der Waals surface area contributed by atoms with Crippen molar-refractivity contribution in [3.8, 4) is 5.75 Å². The summed E-state index contributed by atoms with van der Waals surface area (Å²) in [5.74, 6) is 0.123. The van der Waals surface area contributed by atoms with Gasteiger partial charge in [0.1, 0.15) is 11.8 Å². The predicted octanol–water partition coefficient (Wildman–Crippen LogP) is 3.34. The third-order valence-corrected chi connectivity index (χ3v) is 4.48. The van der Waals surface area contributed by atoms with Crippen molar-refractivity contribution in [3.63, 3.8) is 0 Å². The number of hydrogen-bond acceptors (Lipinski definition) is 3. The van der Waals surface area contributed by atoms with Crippen molar-refractivity contribution >= 4 is 11.8 Å². The van der Waals surface area contributed by atoms with Crippen LogP contribution in [0.3, 0.4) is 0 Å². The number of rotatable bonds is 10. The van der Waals surface area contributed by atoms with Crippen LogP contribution in [0.1, 0.15) is 32.8 Å². The highest BCUT2D eigenvalue weighted by Gasteiger charge is 2.25. The minimum absolute atomic E-state index is 0.0198. The number of carbonyl (C=O) groups is 2. The molecule has 1 unspecified atom stereocenters. The van der Waals surface area contributed by atoms with Crippen molar-refractivity contribution in [3.05, 3.63) is 66.2 Å². The van der Waals surface area contributed by atoms with Gasteiger partial charge >= 0.3 is 0 Å². The van der Waals surface area contributed by atoms with Crippen LogP contribution in [0, 0.1) is 5.92 Å². The van der Waals surface area contributed by atoms with Gasteiger partial charge in [0.2, 0.25) is 5.91 Å². The van der Waals surface area contributed by atoms with E-state index < -0.39 is 6.04 Å². The highest BCUT2D eigenvalue weighted by atomic mass is 16.5. The van der Waals surface area contributed by atoms with Crippen LogP contribution in [0.15, 0.2) is 60.7 Å². The van der Waals surface area contributed by atoms with Crippen LogP contribution in [0.2, 0.25) is 0 Å². The maximum atomic E-state index is 12.6. The number of para-hydroxylation sites is 1. The number of amides is 2. The monoisotopic (exact) mass is 382 g/mol. The second-order valence-corrected chi connectivity index (χ2v) is 7.32. The summed E-state index contributed by atoms with van der Waals surface area (Å²) in [5, 5.41) is 5.81. The van der Waals surface area contributed by atoms with E-state index in [1.165, 1.54) is 5.56 Å². The Morgan fingerprint density at radius 3 is 2.11 bits per heavy atom. The lowest BCUT2D eigenvalue weighted by Gasteiger charge is -2.24. The highest BCUT2D eigenvalue weighted by molar-refractivity contribution is 5.88. The number of aryl methyl sites for hydroxylation is 1. The van der Waals surface area contributed by atoms with Gasteiger partial charge < -0.3 is 15.4 Å². The van der Waals surface area contributed by atoms with Gasteiger partial charge in [-0.25, -0.2) is 0 Å². The van der Waals surface area contributed by atoms with Crippen molar-refractivity contribution in [2.75, 3.05) is 6.61 Å². The van der Waals surface area contributed by atoms with Crippen LogP contribution < -0.4 is 15.4 Å². The molecule has 2 rings (SSSR count). The van der Waals surface area contributed by atoms with Crippen LogP contribution >= 0.6 is 0 Å². The molecular formula is C23H30N2O3. The zero-order chi connectivity index (χ0) is 20.4. The first-order valence-electron chi connectivity index (χ1n) is 9.77. The maximum absolute atomic E-state index is 12.6. The van der Waals surface area contributed by atoms with Gasteiger partial charge in [-0.3, -0.25) is 9.59 Å². The Labute approximate surface area is 167 Å². The number of nitrogens with one attached hydrogen (secondary N) is 2. The summed E-state index contributed by atoms with van der Waals surface area (Å²) < 4.78 is 5.45. The van der Waals surface area contributed by atoms with E-state index in [1.807, 2.05) is 57.2 Å². The summed E-state index contributed by atoms with van der Waals surface area (Å²) >= 11 is 0. The fraction of sp³-hybridized carbons (Fsp3) is 0.391. The van der Waals surface area contributed by atoms with Crippen molar-refractivity contribution in [1.29, 1.82) is 0 Å². The van der Waals surface area contributed by atoms with E-state index in [2.05, 4.69) is 22.8 Å². The van der Waals surface area contributed by atoms with Gasteiger partial charge in [-0.15, -0.1) is 0 Å². The van der Waals surface area contributed by atoms with Crippen molar-refractivity contribution < 1.29 is 14.3 Å². The largest absolute Gasteiger partial charge is 0.484 e. The molecule has 0 spiro atoms. The fourth-order valence-corrected chi connectivity index (χ4v) is 2.85. The van der Waals surface area contributed by atoms with Gasteiger partial charge in [0.15, 0.2) is 6.61 Å². The van der Waals surface area contributed by atoms with E-state index >= 15 is 0 Å². The quantitative estimate of drug-likeness (QED) is 0.662. The molecule has 0 heterocycles. The summed E-state index contributed by atoms with van der Waals surface area (Å²) in [6, 6.07) is 18.7. The molecule has 5 nitrogen and oxygen atoms in total. The molecule has 2 atom stereocenters. The highest BCUT2D eigenvalue weighted by Crippen LogP contribution is 2.09. The van der Waals surface area contributed by atoms with E-state index in [9.17, 15) is 9.59 Å². The molecule has 0 saturated heterocycles. The Bertz CT molecular complexity index is 732. The molecule has 150 valence electrons. The molecule has 0 saturated carbocycles. The van der Waals surface area contributed by atoms with Crippen LogP contribution in [-0.4, -0.2) is 30.5 Å². The van der Waals surface area contributed by atoms with E-state index in [-0.39, 0.29) is 30.4 Å². The number of ether oxygens (including phenoxy) is 1. The third-order valence-electron chi connectivity index (χ3n) is 4.48. The zero-order valence-electron chi connectivity index (χ0n) is 16.9. The summed E-state index contributed by atoms with van der Waals surface area (Å²) in [6.07, 6.45) is 1.73. The molecule has 28 heavy (non-hydrogen) atoms. The molecular weight excluding hydrogens is 352 g/mol.